The number of fused-ring (bicyclic) bond motifs is 1. The monoisotopic (exact) mass is 401 g/mol. The molecule has 4 rings (SSSR count). The largest absolute Gasteiger partial charge is 0.368 e. The van der Waals surface area contributed by atoms with Crippen molar-refractivity contribution in [3.8, 4) is 11.3 Å². The minimum atomic E-state index is -3.32. The van der Waals surface area contributed by atoms with E-state index in [1.165, 1.54) is 4.31 Å². The van der Waals surface area contributed by atoms with E-state index in [-0.39, 0.29) is 0 Å². The molecule has 0 aliphatic carbocycles. The molecule has 1 aliphatic heterocycles. The van der Waals surface area contributed by atoms with Crippen molar-refractivity contribution in [2.24, 2.45) is 13.0 Å². The molecule has 4 heterocycles. The van der Waals surface area contributed by atoms with Crippen LogP contribution in [0.15, 0.2) is 42.8 Å². The van der Waals surface area contributed by atoms with Gasteiger partial charge in [0.1, 0.15) is 5.52 Å². The van der Waals surface area contributed by atoms with Crippen molar-refractivity contribution >= 4 is 21.4 Å². The van der Waals surface area contributed by atoms with Gasteiger partial charge in [-0.25, -0.2) is 17.9 Å². The SMILES string of the molecule is C=CS(=O)(=O)N1CCC(CNc2nc(-c3cnn(C)c3)cn3nccc23)CC1. The zero-order valence-corrected chi connectivity index (χ0v) is 16.5. The molecular formula is C18H23N7O2S. The average Bonchev–Trinajstić information content (AvgIpc) is 3.35. The van der Waals surface area contributed by atoms with E-state index < -0.39 is 10.0 Å². The van der Waals surface area contributed by atoms with E-state index >= 15 is 0 Å². The van der Waals surface area contributed by atoms with Crippen LogP contribution in [-0.2, 0) is 17.1 Å². The number of aromatic nitrogens is 5. The summed E-state index contributed by atoms with van der Waals surface area (Å²) in [4.78, 5) is 4.76. The summed E-state index contributed by atoms with van der Waals surface area (Å²) in [6, 6.07) is 1.92. The molecule has 28 heavy (non-hydrogen) atoms. The Hall–Kier alpha value is -2.72. The third-order valence-corrected chi connectivity index (χ3v) is 6.60. The van der Waals surface area contributed by atoms with Crippen molar-refractivity contribution < 1.29 is 8.42 Å². The van der Waals surface area contributed by atoms with Crippen LogP contribution >= 0.6 is 0 Å². The summed E-state index contributed by atoms with van der Waals surface area (Å²) in [6.45, 7) is 5.16. The van der Waals surface area contributed by atoms with Crippen LogP contribution in [0.5, 0.6) is 0 Å². The molecule has 0 amide bonds. The van der Waals surface area contributed by atoms with E-state index in [0.717, 1.165) is 47.4 Å². The molecule has 0 radical (unpaired) electrons. The van der Waals surface area contributed by atoms with Gasteiger partial charge in [0.05, 0.1) is 24.3 Å². The Morgan fingerprint density at radius 1 is 1.29 bits per heavy atom. The first-order valence-electron chi connectivity index (χ1n) is 9.16. The molecule has 0 spiro atoms. The molecule has 1 saturated heterocycles. The summed E-state index contributed by atoms with van der Waals surface area (Å²) in [5.74, 6) is 1.14. The maximum Gasteiger partial charge on any atom is 0.235 e. The lowest BCUT2D eigenvalue weighted by Gasteiger charge is -2.30. The quantitative estimate of drug-likeness (QED) is 0.676. The highest BCUT2D eigenvalue weighted by atomic mass is 32.2. The highest BCUT2D eigenvalue weighted by Crippen LogP contribution is 2.24. The van der Waals surface area contributed by atoms with Crippen LogP contribution in [-0.4, -0.2) is 56.7 Å². The minimum Gasteiger partial charge on any atom is -0.368 e. The first-order chi connectivity index (χ1) is 13.5. The summed E-state index contributed by atoms with van der Waals surface area (Å²) in [5, 5.41) is 13.0. The van der Waals surface area contributed by atoms with Crippen molar-refractivity contribution in [1.29, 1.82) is 0 Å². The molecule has 1 aliphatic rings. The first kappa shape index (κ1) is 18.6. The van der Waals surface area contributed by atoms with Crippen LogP contribution in [0.25, 0.3) is 16.8 Å². The fraction of sp³-hybridized carbons (Fsp3) is 0.389. The van der Waals surface area contributed by atoms with Crippen molar-refractivity contribution in [3.63, 3.8) is 0 Å². The smallest absolute Gasteiger partial charge is 0.235 e. The van der Waals surface area contributed by atoms with Gasteiger partial charge in [-0.15, -0.1) is 0 Å². The van der Waals surface area contributed by atoms with Gasteiger partial charge in [-0.1, -0.05) is 6.58 Å². The lowest BCUT2D eigenvalue weighted by atomic mass is 9.98. The van der Waals surface area contributed by atoms with Crippen LogP contribution in [0.2, 0.25) is 0 Å². The number of nitrogens with zero attached hydrogens (tertiary/aromatic N) is 6. The van der Waals surface area contributed by atoms with Gasteiger partial charge in [-0.05, 0) is 24.8 Å². The lowest BCUT2D eigenvalue weighted by molar-refractivity contribution is 0.284. The van der Waals surface area contributed by atoms with Crippen LogP contribution in [0.4, 0.5) is 5.82 Å². The zero-order chi connectivity index (χ0) is 19.7. The van der Waals surface area contributed by atoms with Gasteiger partial charge >= 0.3 is 0 Å². The molecule has 0 saturated carbocycles. The summed E-state index contributed by atoms with van der Waals surface area (Å²) in [6.07, 6.45) is 8.92. The Labute approximate surface area is 163 Å². The maximum absolute atomic E-state index is 11.9. The number of aryl methyl sites for hydroxylation is 1. The van der Waals surface area contributed by atoms with E-state index in [4.69, 9.17) is 4.98 Å². The molecule has 1 N–H and O–H groups in total. The Morgan fingerprint density at radius 3 is 2.75 bits per heavy atom. The number of hydrogen-bond acceptors (Lipinski definition) is 6. The molecule has 0 bridgehead atoms. The normalized spacial score (nSPS) is 16.5. The summed E-state index contributed by atoms with van der Waals surface area (Å²) in [5.41, 5.74) is 2.61. The van der Waals surface area contributed by atoms with Crippen LogP contribution < -0.4 is 5.32 Å². The Balaban J connectivity index is 1.48. The second-order valence-corrected chi connectivity index (χ2v) is 8.85. The summed E-state index contributed by atoms with van der Waals surface area (Å²) >= 11 is 0. The molecule has 0 aromatic carbocycles. The van der Waals surface area contributed by atoms with E-state index in [2.05, 4.69) is 22.1 Å². The minimum absolute atomic E-state index is 0.378. The molecule has 9 nitrogen and oxygen atoms in total. The Bertz CT molecular complexity index is 1090. The number of piperidine rings is 1. The zero-order valence-electron chi connectivity index (χ0n) is 15.7. The molecule has 1 fully saturated rings. The van der Waals surface area contributed by atoms with Gasteiger partial charge in [0.15, 0.2) is 5.82 Å². The predicted octanol–water partition coefficient (Wildman–Crippen LogP) is 1.73. The van der Waals surface area contributed by atoms with Gasteiger partial charge < -0.3 is 5.32 Å². The maximum atomic E-state index is 11.9. The predicted molar refractivity (Wildman–Crippen MR) is 107 cm³/mol. The topological polar surface area (TPSA) is 97.4 Å². The molecule has 10 heteroatoms. The third kappa shape index (κ3) is 3.65. The van der Waals surface area contributed by atoms with Crippen molar-refractivity contribution in [1.82, 2.24) is 28.7 Å². The Morgan fingerprint density at radius 2 is 2.07 bits per heavy atom. The second kappa shape index (κ2) is 7.36. The fourth-order valence-corrected chi connectivity index (χ4v) is 4.39. The fourth-order valence-electron chi connectivity index (χ4n) is 3.46. The highest BCUT2D eigenvalue weighted by Gasteiger charge is 2.26. The third-order valence-electron chi connectivity index (χ3n) is 5.09. The van der Waals surface area contributed by atoms with Crippen LogP contribution in [0, 0.1) is 5.92 Å². The molecule has 148 valence electrons. The highest BCUT2D eigenvalue weighted by molar-refractivity contribution is 7.92. The van der Waals surface area contributed by atoms with E-state index in [1.54, 1.807) is 21.6 Å². The number of anilines is 1. The van der Waals surface area contributed by atoms with Crippen LogP contribution in [0.3, 0.4) is 0 Å². The van der Waals surface area contributed by atoms with Gasteiger partial charge in [-0.3, -0.25) is 4.68 Å². The number of rotatable bonds is 6. The van der Waals surface area contributed by atoms with Gasteiger partial charge in [0.2, 0.25) is 10.0 Å². The first-order valence-corrected chi connectivity index (χ1v) is 10.7. The molecule has 3 aromatic rings. The summed E-state index contributed by atoms with van der Waals surface area (Å²) < 4.78 is 28.8. The van der Waals surface area contributed by atoms with E-state index in [1.807, 2.05) is 25.5 Å². The summed E-state index contributed by atoms with van der Waals surface area (Å²) in [7, 11) is -1.45. The van der Waals surface area contributed by atoms with Gasteiger partial charge in [0, 0.05) is 43.9 Å². The standard InChI is InChI=1S/C18H23N7O2S/c1-3-28(26,27)24-8-5-14(6-9-24)10-19-18-17-4-7-20-25(17)13-16(22-18)15-11-21-23(2)12-15/h3-4,7,11-14H,1,5-6,8-10H2,2H3,(H,19,22). The van der Waals surface area contributed by atoms with Crippen LogP contribution in [0.1, 0.15) is 12.8 Å². The second-order valence-electron chi connectivity index (χ2n) is 6.97. The molecule has 3 aromatic heterocycles. The number of sulfonamides is 1. The van der Waals surface area contributed by atoms with Crippen molar-refractivity contribution in [3.05, 3.63) is 42.8 Å². The van der Waals surface area contributed by atoms with E-state index in [0.29, 0.717) is 19.0 Å². The molecule has 0 atom stereocenters. The van der Waals surface area contributed by atoms with Gasteiger partial charge in [0.25, 0.3) is 0 Å². The van der Waals surface area contributed by atoms with Crippen molar-refractivity contribution in [2.45, 2.75) is 12.8 Å². The lowest BCUT2D eigenvalue weighted by Crippen LogP contribution is -2.38. The van der Waals surface area contributed by atoms with Crippen molar-refractivity contribution in [2.75, 3.05) is 25.0 Å². The van der Waals surface area contributed by atoms with E-state index in [9.17, 15) is 8.42 Å². The Kier molecular flexibility index (Phi) is 4.90. The molecular weight excluding hydrogens is 378 g/mol. The number of hydrogen-bond donors (Lipinski definition) is 1. The average molecular weight is 401 g/mol. The number of nitrogens with one attached hydrogen (secondary N) is 1. The molecule has 0 unspecified atom stereocenters. The van der Waals surface area contributed by atoms with Gasteiger partial charge in [-0.2, -0.15) is 14.5 Å².